The van der Waals surface area contributed by atoms with E-state index in [9.17, 15) is 27.6 Å². The van der Waals surface area contributed by atoms with Gasteiger partial charge in [0.1, 0.15) is 18.3 Å². The standard InChI is InChI=1S/C26H33ClF3N5O4/c1-18-24(37)32(2)11-4-5-12-34(23(36)17-35-14-10-22(31-35)26(28,29)30)13-6-7-15-39-21-9-8-19(27)16-20(21)25(38)33(18)3/h8-10,14,16,18H,4-7,11-13,15,17H2,1-3H3/t18-/m0/s1. The smallest absolute Gasteiger partial charge is 0.435 e. The minimum absolute atomic E-state index is 0.242. The monoisotopic (exact) mass is 571 g/mol. The number of nitrogens with zero attached hydrogens (tertiary/aromatic N) is 5. The third-order valence-corrected chi connectivity index (χ3v) is 6.87. The number of halogens is 4. The lowest BCUT2D eigenvalue weighted by Crippen LogP contribution is -2.47. The number of aromatic nitrogens is 2. The number of likely N-dealkylation sites (N-methyl/N-ethyl adjacent to an activating group) is 2. The van der Waals surface area contributed by atoms with Crippen molar-refractivity contribution < 1.29 is 32.3 Å². The summed E-state index contributed by atoms with van der Waals surface area (Å²) in [6.07, 6.45) is -1.13. The Morgan fingerprint density at radius 2 is 1.74 bits per heavy atom. The zero-order chi connectivity index (χ0) is 28.7. The fourth-order valence-corrected chi connectivity index (χ4v) is 4.37. The topological polar surface area (TPSA) is 88.0 Å². The van der Waals surface area contributed by atoms with Crippen LogP contribution in [0.2, 0.25) is 5.02 Å². The van der Waals surface area contributed by atoms with Gasteiger partial charge in [-0.3, -0.25) is 19.1 Å². The molecule has 2 heterocycles. The van der Waals surface area contributed by atoms with Crippen LogP contribution in [0.1, 0.15) is 48.7 Å². The minimum atomic E-state index is -4.58. The van der Waals surface area contributed by atoms with Crippen LogP contribution in [-0.4, -0.2) is 88.6 Å². The molecule has 2 aromatic rings. The molecule has 0 unspecified atom stereocenters. The van der Waals surface area contributed by atoms with E-state index in [1.54, 1.807) is 38.1 Å². The van der Waals surface area contributed by atoms with E-state index in [2.05, 4.69) is 5.10 Å². The van der Waals surface area contributed by atoms with E-state index >= 15 is 0 Å². The van der Waals surface area contributed by atoms with E-state index < -0.39 is 23.8 Å². The molecule has 0 saturated heterocycles. The highest BCUT2D eigenvalue weighted by Crippen LogP contribution is 2.27. The summed E-state index contributed by atoms with van der Waals surface area (Å²) in [4.78, 5) is 43.7. The van der Waals surface area contributed by atoms with Crippen LogP contribution in [0.4, 0.5) is 13.2 Å². The highest BCUT2D eigenvalue weighted by atomic mass is 35.5. The van der Waals surface area contributed by atoms with Crippen molar-refractivity contribution in [2.45, 2.75) is 51.4 Å². The Morgan fingerprint density at radius 1 is 1.08 bits per heavy atom. The van der Waals surface area contributed by atoms with Gasteiger partial charge in [0.05, 0.1) is 12.2 Å². The first-order valence-corrected chi connectivity index (χ1v) is 13.1. The maximum Gasteiger partial charge on any atom is 0.435 e. The van der Waals surface area contributed by atoms with Crippen LogP contribution in [0.5, 0.6) is 5.75 Å². The second-order valence-electron chi connectivity index (χ2n) is 9.53. The summed E-state index contributed by atoms with van der Waals surface area (Å²) in [6, 6.07) is 4.82. The highest BCUT2D eigenvalue weighted by molar-refractivity contribution is 6.31. The molecular weight excluding hydrogens is 539 g/mol. The molecule has 3 rings (SSSR count). The number of carbonyl (C=O) groups is 3. The first kappa shape index (κ1) is 30.3. The molecule has 0 aliphatic carbocycles. The van der Waals surface area contributed by atoms with Crippen molar-refractivity contribution in [1.82, 2.24) is 24.5 Å². The Hall–Kier alpha value is -3.28. The summed E-state index contributed by atoms with van der Waals surface area (Å²) < 4.78 is 45.5. The Morgan fingerprint density at radius 3 is 2.41 bits per heavy atom. The molecule has 0 saturated carbocycles. The minimum Gasteiger partial charge on any atom is -0.493 e. The van der Waals surface area contributed by atoms with Crippen LogP contribution in [0.15, 0.2) is 30.5 Å². The van der Waals surface area contributed by atoms with Gasteiger partial charge in [-0.25, -0.2) is 0 Å². The van der Waals surface area contributed by atoms with Crippen molar-refractivity contribution in [3.8, 4) is 5.75 Å². The van der Waals surface area contributed by atoms with Crippen LogP contribution in [-0.2, 0) is 22.3 Å². The van der Waals surface area contributed by atoms with Crippen LogP contribution in [0, 0.1) is 0 Å². The Labute approximate surface area is 230 Å². The van der Waals surface area contributed by atoms with Gasteiger partial charge in [0, 0.05) is 44.9 Å². The number of alkyl halides is 3. The first-order valence-electron chi connectivity index (χ1n) is 12.7. The average molecular weight is 572 g/mol. The fraction of sp³-hybridized carbons (Fsp3) is 0.538. The molecule has 9 nitrogen and oxygen atoms in total. The molecule has 1 aliphatic rings. The van der Waals surface area contributed by atoms with Crippen LogP contribution < -0.4 is 4.74 Å². The summed E-state index contributed by atoms with van der Waals surface area (Å²) in [7, 11) is 3.20. The van der Waals surface area contributed by atoms with E-state index in [1.165, 1.54) is 15.9 Å². The third-order valence-electron chi connectivity index (χ3n) is 6.64. The van der Waals surface area contributed by atoms with Crippen molar-refractivity contribution in [3.05, 3.63) is 46.7 Å². The number of hydrogen-bond donors (Lipinski definition) is 0. The quantitative estimate of drug-likeness (QED) is 0.545. The Kier molecular flexibility index (Phi) is 10.2. The molecule has 1 aromatic heterocycles. The number of carbonyl (C=O) groups excluding carboxylic acids is 3. The Bertz CT molecular complexity index is 1170. The average Bonchev–Trinajstić information content (AvgIpc) is 3.37. The van der Waals surface area contributed by atoms with Gasteiger partial charge in [-0.2, -0.15) is 18.3 Å². The van der Waals surface area contributed by atoms with Gasteiger partial charge in [0.15, 0.2) is 5.69 Å². The molecule has 1 aliphatic heterocycles. The zero-order valence-corrected chi connectivity index (χ0v) is 23.0. The second-order valence-corrected chi connectivity index (χ2v) is 9.97. The van der Waals surface area contributed by atoms with Gasteiger partial charge in [0.25, 0.3) is 5.91 Å². The SMILES string of the molecule is C[C@H]1C(=O)N(C)CCCCN(C(=O)Cn2ccc(C(F)(F)F)n2)CCCCOc2ccc(Cl)cc2C(=O)N1C. The predicted molar refractivity (Wildman–Crippen MR) is 138 cm³/mol. The van der Waals surface area contributed by atoms with E-state index in [0.717, 1.165) is 16.9 Å². The molecule has 1 aromatic carbocycles. The zero-order valence-electron chi connectivity index (χ0n) is 22.2. The second kappa shape index (κ2) is 13.2. The van der Waals surface area contributed by atoms with E-state index in [-0.39, 0.29) is 30.5 Å². The highest BCUT2D eigenvalue weighted by Gasteiger charge is 2.34. The predicted octanol–water partition coefficient (Wildman–Crippen LogP) is 3.96. The molecular formula is C26H33ClF3N5O4. The van der Waals surface area contributed by atoms with E-state index in [4.69, 9.17) is 16.3 Å². The molecule has 0 N–H and O–H groups in total. The summed E-state index contributed by atoms with van der Waals surface area (Å²) in [5, 5.41) is 3.83. The lowest BCUT2D eigenvalue weighted by molar-refractivity contribution is -0.142. The molecule has 0 fully saturated rings. The summed E-state index contributed by atoms with van der Waals surface area (Å²) in [6.45, 7) is 2.76. The van der Waals surface area contributed by atoms with Gasteiger partial charge in [0.2, 0.25) is 11.8 Å². The number of rotatable bonds is 2. The molecule has 39 heavy (non-hydrogen) atoms. The van der Waals surface area contributed by atoms with Crippen molar-refractivity contribution in [3.63, 3.8) is 0 Å². The molecule has 0 bridgehead atoms. The number of ether oxygens (including phenoxy) is 1. The number of hydrogen-bond acceptors (Lipinski definition) is 5. The van der Waals surface area contributed by atoms with E-state index in [0.29, 0.717) is 56.1 Å². The normalized spacial score (nSPS) is 18.9. The van der Waals surface area contributed by atoms with Gasteiger partial charge in [-0.05, 0) is 56.9 Å². The summed E-state index contributed by atoms with van der Waals surface area (Å²) in [5.41, 5.74) is -0.810. The molecule has 0 radical (unpaired) electrons. The maximum absolute atomic E-state index is 13.2. The van der Waals surface area contributed by atoms with Gasteiger partial charge in [-0.1, -0.05) is 11.6 Å². The van der Waals surface area contributed by atoms with Crippen LogP contribution in [0.3, 0.4) is 0 Å². The number of fused-ring (bicyclic) bond motifs is 1. The lowest BCUT2D eigenvalue weighted by Gasteiger charge is -2.29. The van der Waals surface area contributed by atoms with Crippen LogP contribution in [0.25, 0.3) is 0 Å². The number of benzene rings is 1. The molecule has 1 atom stereocenters. The van der Waals surface area contributed by atoms with Gasteiger partial charge >= 0.3 is 6.18 Å². The fourth-order valence-electron chi connectivity index (χ4n) is 4.20. The van der Waals surface area contributed by atoms with Crippen molar-refractivity contribution >= 4 is 29.3 Å². The molecule has 13 heteroatoms. The van der Waals surface area contributed by atoms with Gasteiger partial charge in [-0.15, -0.1) is 0 Å². The third kappa shape index (κ3) is 8.11. The maximum atomic E-state index is 13.2. The van der Waals surface area contributed by atoms with Crippen molar-refractivity contribution in [2.24, 2.45) is 0 Å². The van der Waals surface area contributed by atoms with Crippen molar-refractivity contribution in [2.75, 3.05) is 40.3 Å². The summed E-state index contributed by atoms with van der Waals surface area (Å²) >= 11 is 6.14. The van der Waals surface area contributed by atoms with Crippen molar-refractivity contribution in [1.29, 1.82) is 0 Å². The molecule has 3 amide bonds. The van der Waals surface area contributed by atoms with Crippen LogP contribution >= 0.6 is 11.6 Å². The number of amides is 3. The molecule has 0 spiro atoms. The van der Waals surface area contributed by atoms with E-state index in [1.807, 2.05) is 0 Å². The summed E-state index contributed by atoms with van der Waals surface area (Å²) in [5.74, 6) is -0.654. The van der Waals surface area contributed by atoms with Gasteiger partial charge < -0.3 is 19.4 Å². The molecule has 214 valence electrons. The Balaban J connectivity index is 1.75. The first-order chi connectivity index (χ1) is 18.4. The lowest BCUT2D eigenvalue weighted by atomic mass is 10.1. The largest absolute Gasteiger partial charge is 0.493 e.